The molecule has 0 fully saturated rings. The van der Waals surface area contributed by atoms with Gasteiger partial charge in [0.2, 0.25) is 0 Å². The van der Waals surface area contributed by atoms with Gasteiger partial charge < -0.3 is 5.73 Å². The topological polar surface area (TPSA) is 69.2 Å². The Morgan fingerprint density at radius 2 is 2.12 bits per heavy atom. The molecule has 17 heavy (non-hydrogen) atoms. The second-order valence-electron chi connectivity index (χ2n) is 3.50. The summed E-state index contributed by atoms with van der Waals surface area (Å²) in [4.78, 5) is 10.3. The smallest absolute Gasteiger partial charge is 0.288 e. The lowest BCUT2D eigenvalue weighted by atomic mass is 10.0. The predicted molar refractivity (Wildman–Crippen MR) is 68.5 cm³/mol. The Morgan fingerprint density at radius 1 is 1.35 bits per heavy atom. The maximum Gasteiger partial charge on any atom is 0.288 e. The van der Waals surface area contributed by atoms with Gasteiger partial charge in [0.15, 0.2) is 0 Å². The monoisotopic (exact) mass is 268 g/mol. The third-order valence-electron chi connectivity index (χ3n) is 2.43. The maximum absolute atomic E-state index is 10.8. The van der Waals surface area contributed by atoms with Gasteiger partial charge in [-0.3, -0.25) is 10.1 Å². The van der Waals surface area contributed by atoms with E-state index in [9.17, 15) is 10.1 Å². The molecule has 1 aromatic carbocycles. The summed E-state index contributed by atoms with van der Waals surface area (Å²) >= 11 is 7.28. The molecular formula is C11H9ClN2O2S. The minimum Gasteiger partial charge on any atom is -0.320 e. The molecular weight excluding hydrogens is 260 g/mol. The molecule has 1 aromatic heterocycles. The summed E-state index contributed by atoms with van der Waals surface area (Å²) in [7, 11) is 0. The fourth-order valence-corrected chi connectivity index (χ4v) is 2.39. The van der Waals surface area contributed by atoms with Gasteiger partial charge in [-0.15, -0.1) is 0 Å². The van der Waals surface area contributed by atoms with Crippen LogP contribution in [-0.2, 0) is 0 Å². The quantitative estimate of drug-likeness (QED) is 0.685. The van der Waals surface area contributed by atoms with Crippen molar-refractivity contribution >= 4 is 28.6 Å². The van der Waals surface area contributed by atoms with Crippen LogP contribution in [0.3, 0.4) is 0 Å². The van der Waals surface area contributed by atoms with Crippen LogP contribution < -0.4 is 5.73 Å². The van der Waals surface area contributed by atoms with Gasteiger partial charge in [0.05, 0.1) is 11.0 Å². The average Bonchev–Trinajstić information content (AvgIpc) is 2.81. The van der Waals surface area contributed by atoms with Gasteiger partial charge in [0.25, 0.3) is 5.69 Å². The van der Waals surface area contributed by atoms with E-state index in [0.717, 1.165) is 5.56 Å². The Morgan fingerprint density at radius 3 is 2.71 bits per heavy atom. The lowest BCUT2D eigenvalue weighted by Crippen LogP contribution is -2.11. The molecule has 0 amide bonds. The van der Waals surface area contributed by atoms with Crippen molar-refractivity contribution in [1.29, 1.82) is 0 Å². The molecule has 4 nitrogen and oxygen atoms in total. The number of rotatable bonds is 3. The first-order valence-electron chi connectivity index (χ1n) is 4.81. The Labute approximate surface area is 107 Å². The summed E-state index contributed by atoms with van der Waals surface area (Å²) in [5, 5.41) is 14.7. The van der Waals surface area contributed by atoms with Crippen LogP contribution in [0.5, 0.6) is 0 Å². The van der Waals surface area contributed by atoms with Gasteiger partial charge in [0, 0.05) is 6.07 Å². The number of benzene rings is 1. The summed E-state index contributed by atoms with van der Waals surface area (Å²) in [6, 6.07) is 6.16. The van der Waals surface area contributed by atoms with Gasteiger partial charge in [-0.05, 0) is 34.0 Å². The van der Waals surface area contributed by atoms with E-state index in [-0.39, 0.29) is 16.8 Å². The van der Waals surface area contributed by atoms with E-state index in [4.69, 9.17) is 17.3 Å². The van der Waals surface area contributed by atoms with E-state index >= 15 is 0 Å². The zero-order valence-electron chi connectivity index (χ0n) is 8.67. The molecule has 0 saturated carbocycles. The zero-order chi connectivity index (χ0) is 12.4. The number of nitrogens with two attached hydrogens (primary N) is 1. The molecule has 0 aliphatic rings. The van der Waals surface area contributed by atoms with E-state index in [1.54, 1.807) is 6.07 Å². The molecule has 1 heterocycles. The highest BCUT2D eigenvalue weighted by Crippen LogP contribution is 2.29. The van der Waals surface area contributed by atoms with E-state index in [0.29, 0.717) is 5.56 Å². The first-order valence-corrected chi connectivity index (χ1v) is 6.13. The van der Waals surface area contributed by atoms with Gasteiger partial charge >= 0.3 is 0 Å². The van der Waals surface area contributed by atoms with Crippen LogP contribution in [0.15, 0.2) is 35.0 Å². The molecule has 2 N–H and O–H groups in total. The Bertz CT molecular complexity index is 542. The number of nitro benzene ring substituents is 1. The van der Waals surface area contributed by atoms with Gasteiger partial charge in [-0.2, -0.15) is 11.3 Å². The molecule has 2 aromatic rings. The van der Waals surface area contributed by atoms with E-state index in [1.165, 1.54) is 23.5 Å². The number of nitrogens with zero attached hydrogens (tertiary/aromatic N) is 1. The van der Waals surface area contributed by atoms with Crippen LogP contribution in [-0.4, -0.2) is 4.92 Å². The minimum atomic E-state index is -0.508. The largest absolute Gasteiger partial charge is 0.320 e. The molecule has 2 rings (SSSR count). The molecule has 0 aliphatic carbocycles. The Hall–Kier alpha value is -1.43. The SMILES string of the molecule is N[C@H](c1ccsc1)c1ccc(Cl)c([N+](=O)[O-])c1. The molecule has 6 heteroatoms. The van der Waals surface area contributed by atoms with Crippen molar-refractivity contribution in [2.24, 2.45) is 5.73 Å². The number of hydrogen-bond donors (Lipinski definition) is 1. The van der Waals surface area contributed by atoms with E-state index in [2.05, 4.69) is 0 Å². The molecule has 0 radical (unpaired) electrons. The standard InChI is InChI=1S/C11H9ClN2O2S/c12-9-2-1-7(5-10(9)14(15)16)11(13)8-3-4-17-6-8/h1-6,11H,13H2/t11-/m0/s1. The van der Waals surface area contributed by atoms with Crippen molar-refractivity contribution in [2.75, 3.05) is 0 Å². The van der Waals surface area contributed by atoms with Gasteiger partial charge in [-0.25, -0.2) is 0 Å². The van der Waals surface area contributed by atoms with Gasteiger partial charge in [0.1, 0.15) is 5.02 Å². The molecule has 88 valence electrons. The summed E-state index contributed by atoms with van der Waals surface area (Å²) in [6.07, 6.45) is 0. The predicted octanol–water partition coefficient (Wildman–Crippen LogP) is 3.36. The Kier molecular flexibility index (Phi) is 3.42. The number of halogens is 1. The first kappa shape index (κ1) is 12.0. The van der Waals surface area contributed by atoms with Crippen molar-refractivity contribution in [3.8, 4) is 0 Å². The molecule has 1 atom stereocenters. The molecule has 0 spiro atoms. The van der Waals surface area contributed by atoms with Gasteiger partial charge in [-0.1, -0.05) is 17.7 Å². The van der Waals surface area contributed by atoms with E-state index < -0.39 is 4.92 Å². The summed E-state index contributed by atoms with van der Waals surface area (Å²) < 4.78 is 0. The second-order valence-corrected chi connectivity index (χ2v) is 4.69. The zero-order valence-corrected chi connectivity index (χ0v) is 10.2. The lowest BCUT2D eigenvalue weighted by Gasteiger charge is -2.10. The molecule has 0 saturated heterocycles. The lowest BCUT2D eigenvalue weighted by molar-refractivity contribution is -0.384. The average molecular weight is 269 g/mol. The van der Waals surface area contributed by atoms with Crippen LogP contribution in [0.4, 0.5) is 5.69 Å². The molecule has 0 unspecified atom stereocenters. The van der Waals surface area contributed by atoms with Crippen LogP contribution >= 0.6 is 22.9 Å². The third-order valence-corrected chi connectivity index (χ3v) is 3.45. The van der Waals surface area contributed by atoms with Crippen LogP contribution in [0.25, 0.3) is 0 Å². The molecule has 0 aliphatic heterocycles. The third kappa shape index (κ3) is 2.46. The summed E-state index contributed by atoms with van der Waals surface area (Å²) in [5.74, 6) is 0. The normalized spacial score (nSPS) is 12.4. The van der Waals surface area contributed by atoms with Crippen LogP contribution in [0, 0.1) is 10.1 Å². The number of nitro groups is 1. The van der Waals surface area contributed by atoms with Crippen LogP contribution in [0.1, 0.15) is 17.2 Å². The van der Waals surface area contributed by atoms with Crippen molar-refractivity contribution in [3.63, 3.8) is 0 Å². The van der Waals surface area contributed by atoms with E-state index in [1.807, 2.05) is 16.8 Å². The summed E-state index contributed by atoms with van der Waals surface area (Å²) in [5.41, 5.74) is 7.52. The Balaban J connectivity index is 2.40. The minimum absolute atomic E-state index is 0.116. The second kappa shape index (κ2) is 4.83. The van der Waals surface area contributed by atoms with Crippen molar-refractivity contribution in [2.45, 2.75) is 6.04 Å². The van der Waals surface area contributed by atoms with Crippen molar-refractivity contribution in [1.82, 2.24) is 0 Å². The highest BCUT2D eigenvalue weighted by Gasteiger charge is 2.17. The number of hydrogen-bond acceptors (Lipinski definition) is 4. The fraction of sp³-hybridized carbons (Fsp3) is 0.0909. The maximum atomic E-state index is 10.8. The summed E-state index contributed by atoms with van der Waals surface area (Å²) in [6.45, 7) is 0. The fourth-order valence-electron chi connectivity index (χ4n) is 1.51. The number of thiophene rings is 1. The van der Waals surface area contributed by atoms with Crippen molar-refractivity contribution < 1.29 is 4.92 Å². The van der Waals surface area contributed by atoms with Crippen LogP contribution in [0.2, 0.25) is 5.02 Å². The highest BCUT2D eigenvalue weighted by atomic mass is 35.5. The van der Waals surface area contributed by atoms with Crippen molar-refractivity contribution in [3.05, 3.63) is 61.3 Å². The first-order chi connectivity index (χ1) is 8.09. The molecule has 0 bridgehead atoms. The highest BCUT2D eigenvalue weighted by molar-refractivity contribution is 7.08.